The van der Waals surface area contributed by atoms with Gasteiger partial charge in [-0.1, -0.05) is 24.3 Å². The molecule has 2 aromatic carbocycles. The smallest absolute Gasteiger partial charge is 0.368 e. The van der Waals surface area contributed by atoms with Crippen molar-refractivity contribution in [1.82, 2.24) is 0 Å². The third kappa shape index (κ3) is 2.79. The summed E-state index contributed by atoms with van der Waals surface area (Å²) >= 11 is 0. The highest BCUT2D eigenvalue weighted by molar-refractivity contribution is 6.79. The van der Waals surface area contributed by atoms with Gasteiger partial charge in [0, 0.05) is 25.8 Å². The Morgan fingerprint density at radius 1 is 0.900 bits per heavy atom. The fourth-order valence-corrected chi connectivity index (χ4v) is 3.41. The van der Waals surface area contributed by atoms with E-state index in [9.17, 15) is 8.78 Å². The maximum Gasteiger partial charge on any atom is 0.368 e. The molecule has 106 valence electrons. The first-order valence-corrected chi connectivity index (χ1v) is 8.48. The van der Waals surface area contributed by atoms with Crippen LogP contribution in [0.15, 0.2) is 42.5 Å². The molecule has 0 aliphatic rings. The second kappa shape index (κ2) is 5.83. The first kappa shape index (κ1) is 14.8. The molecule has 0 N–H and O–H groups in total. The van der Waals surface area contributed by atoms with Crippen molar-refractivity contribution in [2.45, 2.75) is 6.55 Å². The van der Waals surface area contributed by atoms with Crippen molar-refractivity contribution < 1.29 is 17.6 Å². The highest BCUT2D eigenvalue weighted by Crippen LogP contribution is 2.23. The van der Waals surface area contributed by atoms with Gasteiger partial charge < -0.3 is 8.85 Å². The van der Waals surface area contributed by atoms with Crippen LogP contribution in [0.1, 0.15) is 0 Å². The normalized spacial score (nSPS) is 11.7. The Kier molecular flexibility index (Phi) is 4.32. The highest BCUT2D eigenvalue weighted by Gasteiger charge is 2.31. The van der Waals surface area contributed by atoms with E-state index in [0.29, 0.717) is 11.1 Å². The van der Waals surface area contributed by atoms with Gasteiger partial charge in [-0.15, -0.1) is 0 Å². The molecule has 0 aliphatic carbocycles. The highest BCUT2D eigenvalue weighted by atomic mass is 28.4. The summed E-state index contributed by atoms with van der Waals surface area (Å²) in [6.45, 7) is 1.93. The maximum absolute atomic E-state index is 13.7. The Morgan fingerprint density at radius 3 is 2.00 bits per heavy atom. The van der Waals surface area contributed by atoms with Crippen molar-refractivity contribution in [3.63, 3.8) is 0 Å². The van der Waals surface area contributed by atoms with E-state index < -0.39 is 20.2 Å². The van der Waals surface area contributed by atoms with Gasteiger partial charge in [-0.05, 0) is 29.4 Å². The van der Waals surface area contributed by atoms with Crippen LogP contribution in [0.2, 0.25) is 6.55 Å². The molecule has 2 rings (SSSR count). The molecule has 0 radical (unpaired) electrons. The lowest BCUT2D eigenvalue weighted by atomic mass is 10.1. The molecule has 0 amide bonds. The maximum atomic E-state index is 13.7. The molecule has 20 heavy (non-hydrogen) atoms. The fraction of sp³-hybridized carbons (Fsp3) is 0.200. The van der Waals surface area contributed by atoms with Gasteiger partial charge in [0.1, 0.15) is 11.6 Å². The van der Waals surface area contributed by atoms with Crippen LogP contribution in [0.25, 0.3) is 11.1 Å². The average molecular weight is 294 g/mol. The van der Waals surface area contributed by atoms with Gasteiger partial charge in [0.25, 0.3) is 0 Å². The minimum atomic E-state index is -2.37. The zero-order chi connectivity index (χ0) is 14.8. The monoisotopic (exact) mass is 294 g/mol. The number of benzene rings is 2. The SMILES string of the molecule is CO[Si](C)(OC)c1ccc(-c2ccc(F)cc2F)cc1. The van der Waals surface area contributed by atoms with Crippen molar-refractivity contribution in [2.75, 3.05) is 14.2 Å². The minimum Gasteiger partial charge on any atom is -0.394 e. The molecule has 2 nitrogen and oxygen atoms in total. The summed E-state index contributed by atoms with van der Waals surface area (Å²) in [5.74, 6) is -1.15. The van der Waals surface area contributed by atoms with E-state index in [-0.39, 0.29) is 0 Å². The predicted octanol–water partition coefficient (Wildman–Crippen LogP) is 3.20. The van der Waals surface area contributed by atoms with E-state index in [2.05, 4.69) is 0 Å². The summed E-state index contributed by atoms with van der Waals surface area (Å²) < 4.78 is 37.5. The zero-order valence-corrected chi connectivity index (χ0v) is 12.6. The van der Waals surface area contributed by atoms with Crippen LogP contribution >= 0.6 is 0 Å². The van der Waals surface area contributed by atoms with E-state index in [0.717, 1.165) is 11.3 Å². The lowest BCUT2D eigenvalue weighted by Gasteiger charge is -2.23. The lowest BCUT2D eigenvalue weighted by molar-refractivity contribution is 0.265. The Bertz CT molecular complexity index is 595. The third-order valence-corrected chi connectivity index (χ3v) is 6.37. The summed E-state index contributed by atoms with van der Waals surface area (Å²) in [5.41, 5.74) is 1.06. The number of halogens is 2. The fourth-order valence-electron chi connectivity index (χ4n) is 2.00. The van der Waals surface area contributed by atoms with Crippen molar-refractivity contribution in [3.8, 4) is 11.1 Å². The van der Waals surface area contributed by atoms with Crippen molar-refractivity contribution in [2.24, 2.45) is 0 Å². The van der Waals surface area contributed by atoms with Crippen molar-refractivity contribution >= 4 is 13.7 Å². The number of rotatable bonds is 4. The first-order valence-electron chi connectivity index (χ1n) is 6.16. The molecule has 0 bridgehead atoms. The van der Waals surface area contributed by atoms with Crippen molar-refractivity contribution in [1.29, 1.82) is 0 Å². The van der Waals surface area contributed by atoms with Gasteiger partial charge >= 0.3 is 8.56 Å². The molecular weight excluding hydrogens is 278 g/mol. The minimum absolute atomic E-state index is 0.371. The van der Waals surface area contributed by atoms with Gasteiger partial charge in [-0.25, -0.2) is 8.78 Å². The van der Waals surface area contributed by atoms with E-state index in [4.69, 9.17) is 8.85 Å². The zero-order valence-electron chi connectivity index (χ0n) is 11.6. The topological polar surface area (TPSA) is 18.5 Å². The van der Waals surface area contributed by atoms with Gasteiger partial charge in [0.05, 0.1) is 0 Å². The van der Waals surface area contributed by atoms with Crippen LogP contribution in [0, 0.1) is 11.6 Å². The number of hydrogen-bond donors (Lipinski definition) is 0. The molecular formula is C15H16F2O2Si. The van der Waals surface area contributed by atoms with Crippen LogP contribution < -0.4 is 5.19 Å². The second-order valence-corrected chi connectivity index (χ2v) is 7.84. The van der Waals surface area contributed by atoms with E-state index in [1.807, 2.05) is 18.7 Å². The van der Waals surface area contributed by atoms with Crippen molar-refractivity contribution in [3.05, 3.63) is 54.1 Å². The molecule has 0 fully saturated rings. The Labute approximate surface area is 118 Å². The summed E-state index contributed by atoms with van der Waals surface area (Å²) in [4.78, 5) is 0. The molecule has 0 heterocycles. The molecule has 0 atom stereocenters. The summed E-state index contributed by atoms with van der Waals surface area (Å²) in [5, 5.41) is 0.953. The lowest BCUT2D eigenvalue weighted by Crippen LogP contribution is -2.49. The summed E-state index contributed by atoms with van der Waals surface area (Å²) in [7, 11) is 0.855. The summed E-state index contributed by atoms with van der Waals surface area (Å²) in [6.07, 6.45) is 0. The van der Waals surface area contributed by atoms with E-state index in [1.165, 1.54) is 12.1 Å². The molecule has 0 aromatic heterocycles. The van der Waals surface area contributed by atoms with Gasteiger partial charge in [-0.2, -0.15) is 0 Å². The Morgan fingerprint density at radius 2 is 1.50 bits per heavy atom. The van der Waals surface area contributed by atoms with Gasteiger partial charge in [0.15, 0.2) is 0 Å². The van der Waals surface area contributed by atoms with Crippen LogP contribution in [0.3, 0.4) is 0 Å². The molecule has 2 aromatic rings. The molecule has 5 heteroatoms. The first-order chi connectivity index (χ1) is 9.50. The van der Waals surface area contributed by atoms with Crippen LogP contribution in [0.4, 0.5) is 8.78 Å². The standard InChI is InChI=1S/C15H16F2O2Si/c1-18-20(3,19-2)13-7-4-11(5-8-13)14-9-6-12(16)10-15(14)17/h4-10H,1-3H3. The van der Waals surface area contributed by atoms with Crippen LogP contribution in [0.5, 0.6) is 0 Å². The molecule has 0 spiro atoms. The Hall–Kier alpha value is -1.56. The average Bonchev–Trinajstić information content (AvgIpc) is 2.47. The molecule has 0 aliphatic heterocycles. The van der Waals surface area contributed by atoms with E-state index >= 15 is 0 Å². The summed E-state index contributed by atoms with van der Waals surface area (Å²) in [6, 6.07) is 10.9. The van der Waals surface area contributed by atoms with Crippen LogP contribution in [-0.2, 0) is 8.85 Å². The largest absolute Gasteiger partial charge is 0.394 e. The predicted molar refractivity (Wildman–Crippen MR) is 77.1 cm³/mol. The molecule has 0 saturated heterocycles. The third-order valence-electron chi connectivity index (χ3n) is 3.43. The Balaban J connectivity index is 2.37. The van der Waals surface area contributed by atoms with E-state index in [1.54, 1.807) is 26.4 Å². The number of hydrogen-bond acceptors (Lipinski definition) is 2. The molecule has 0 saturated carbocycles. The van der Waals surface area contributed by atoms with Gasteiger partial charge in [0.2, 0.25) is 0 Å². The second-order valence-electron chi connectivity index (χ2n) is 4.56. The molecule has 0 unspecified atom stereocenters. The van der Waals surface area contributed by atoms with Crippen LogP contribution in [-0.4, -0.2) is 22.8 Å². The quantitative estimate of drug-likeness (QED) is 0.806. The van der Waals surface area contributed by atoms with Gasteiger partial charge in [-0.3, -0.25) is 0 Å².